The molecule has 0 bridgehead atoms. The van der Waals surface area contributed by atoms with Crippen LogP contribution in [0.4, 0.5) is 0 Å². The minimum atomic E-state index is -2.35. The lowest BCUT2D eigenvalue weighted by molar-refractivity contribution is 0.202. The van der Waals surface area contributed by atoms with Gasteiger partial charge < -0.3 is 13.3 Å². The van der Waals surface area contributed by atoms with Crippen LogP contribution in [-0.4, -0.2) is 32.0 Å². The lowest BCUT2D eigenvalue weighted by atomic mass is 10.0. The average Bonchev–Trinajstić information content (AvgIpc) is 3.43. The largest absolute Gasteiger partial charge is 0.416 e. The van der Waals surface area contributed by atoms with Crippen LogP contribution >= 0.6 is 0 Å². The fraction of sp³-hybridized carbons (Fsp3) is 0.161. The summed E-state index contributed by atoms with van der Waals surface area (Å²) >= 11 is 0. The quantitative estimate of drug-likeness (QED) is 0.158. The maximum Gasteiger partial charge on any atom is 0.369 e. The van der Waals surface area contributed by atoms with E-state index in [1.807, 2.05) is 50.2 Å². The third-order valence-electron chi connectivity index (χ3n) is 6.35. The lowest BCUT2D eigenvalue weighted by Crippen LogP contribution is -2.51. The first kappa shape index (κ1) is 24.8. The highest BCUT2D eigenvalue weighted by Gasteiger charge is 2.33. The van der Waals surface area contributed by atoms with Gasteiger partial charge in [0.1, 0.15) is 0 Å². The van der Waals surface area contributed by atoms with Gasteiger partial charge in [-0.05, 0) is 65.7 Å². The van der Waals surface area contributed by atoms with Gasteiger partial charge in [0, 0.05) is 24.3 Å². The average molecular weight is 507 g/mol. The highest BCUT2D eigenvalue weighted by Crippen LogP contribution is 2.30. The lowest BCUT2D eigenvalue weighted by Gasteiger charge is -2.26. The fourth-order valence-electron chi connectivity index (χ4n) is 4.45. The zero-order chi connectivity index (χ0) is 25.7. The van der Waals surface area contributed by atoms with Crippen LogP contribution in [0.15, 0.2) is 95.4 Å². The van der Waals surface area contributed by atoms with Crippen LogP contribution in [0.5, 0.6) is 0 Å². The number of rotatable bonds is 9. The monoisotopic (exact) mass is 506 g/mol. The maximum absolute atomic E-state index is 6.05. The Morgan fingerprint density at radius 3 is 1.97 bits per heavy atom. The van der Waals surface area contributed by atoms with Gasteiger partial charge in [0.05, 0.1) is 0 Å². The van der Waals surface area contributed by atoms with E-state index >= 15 is 0 Å². The second kappa shape index (κ2) is 11.0. The molecule has 0 fully saturated rings. The molecule has 0 aliphatic heterocycles. The summed E-state index contributed by atoms with van der Waals surface area (Å²) in [6, 6.07) is 30.9. The number of hydrogen-bond donors (Lipinski definition) is 0. The van der Waals surface area contributed by atoms with Crippen molar-refractivity contribution >= 4 is 36.7 Å². The molecule has 0 aliphatic carbocycles. The molecular weight excluding hydrogens is 476 g/mol. The van der Waals surface area contributed by atoms with Crippen molar-refractivity contribution in [3.05, 3.63) is 102 Å². The molecule has 1 aromatic heterocycles. The smallest absolute Gasteiger partial charge is 0.369 e. The molecule has 5 rings (SSSR count). The van der Waals surface area contributed by atoms with Gasteiger partial charge in [-0.2, -0.15) is 0 Å². The standard InChI is InChI=1S/C31H30N2O3Si/c1-4-34-37(3,35-5-2)27-21-17-24(18-22-27)14-13-23-15-19-26(20-16-23)30-32-33-31(36-30)29-12-8-10-25-9-6-7-11-28(25)29/h6-22H,4-5H2,1-3H3/b14-13+. The van der Waals surface area contributed by atoms with Crippen molar-refractivity contribution in [1.29, 1.82) is 0 Å². The fourth-order valence-corrected chi connectivity index (χ4v) is 6.74. The molecule has 6 heteroatoms. The van der Waals surface area contributed by atoms with Crippen LogP contribution < -0.4 is 5.19 Å². The van der Waals surface area contributed by atoms with Crippen LogP contribution in [0.2, 0.25) is 6.55 Å². The summed E-state index contributed by atoms with van der Waals surface area (Å²) < 4.78 is 18.0. The molecule has 0 atom stereocenters. The first-order valence-electron chi connectivity index (χ1n) is 12.6. The molecule has 37 heavy (non-hydrogen) atoms. The van der Waals surface area contributed by atoms with E-state index < -0.39 is 8.56 Å². The number of hydrogen-bond acceptors (Lipinski definition) is 5. The molecule has 4 aromatic carbocycles. The second-order valence-electron chi connectivity index (χ2n) is 8.83. The van der Waals surface area contributed by atoms with Crippen molar-refractivity contribution < 1.29 is 13.3 Å². The van der Waals surface area contributed by atoms with E-state index in [-0.39, 0.29) is 0 Å². The molecule has 0 aliphatic rings. The number of nitrogens with zero attached hydrogens (tertiary/aromatic N) is 2. The summed E-state index contributed by atoms with van der Waals surface area (Å²) in [5.41, 5.74) is 4.03. The molecule has 0 radical (unpaired) electrons. The minimum absolute atomic E-state index is 0.505. The summed E-state index contributed by atoms with van der Waals surface area (Å²) in [7, 11) is -2.35. The van der Waals surface area contributed by atoms with Crippen LogP contribution in [0.3, 0.4) is 0 Å². The minimum Gasteiger partial charge on any atom is -0.416 e. The Morgan fingerprint density at radius 1 is 0.703 bits per heavy atom. The Morgan fingerprint density at radius 2 is 1.30 bits per heavy atom. The van der Waals surface area contributed by atoms with E-state index in [4.69, 9.17) is 13.3 Å². The molecule has 186 valence electrons. The van der Waals surface area contributed by atoms with Gasteiger partial charge in [-0.3, -0.25) is 0 Å². The molecule has 0 amide bonds. The second-order valence-corrected chi connectivity index (χ2v) is 11.9. The van der Waals surface area contributed by atoms with E-state index in [1.54, 1.807) is 0 Å². The molecule has 0 saturated carbocycles. The molecule has 0 spiro atoms. The van der Waals surface area contributed by atoms with Gasteiger partial charge in [0.2, 0.25) is 11.8 Å². The Bertz CT molecular complexity index is 1500. The van der Waals surface area contributed by atoms with Gasteiger partial charge in [-0.25, -0.2) is 0 Å². The summed E-state index contributed by atoms with van der Waals surface area (Å²) in [6.45, 7) is 7.41. The highest BCUT2D eigenvalue weighted by atomic mass is 28.4. The zero-order valence-electron chi connectivity index (χ0n) is 21.3. The Hall–Kier alpha value is -3.84. The third-order valence-corrected chi connectivity index (χ3v) is 9.41. The maximum atomic E-state index is 6.05. The predicted octanol–water partition coefficient (Wildman–Crippen LogP) is 7.08. The van der Waals surface area contributed by atoms with Crippen molar-refractivity contribution in [1.82, 2.24) is 10.2 Å². The molecule has 0 N–H and O–H groups in total. The van der Waals surface area contributed by atoms with Crippen molar-refractivity contribution in [2.24, 2.45) is 0 Å². The van der Waals surface area contributed by atoms with Crippen LogP contribution in [0.25, 0.3) is 45.8 Å². The van der Waals surface area contributed by atoms with E-state index in [2.05, 4.69) is 83.5 Å². The van der Waals surface area contributed by atoms with Crippen LogP contribution in [0.1, 0.15) is 25.0 Å². The van der Waals surface area contributed by atoms with Crippen molar-refractivity contribution in [3.8, 4) is 22.9 Å². The van der Waals surface area contributed by atoms with Crippen LogP contribution in [0, 0.1) is 0 Å². The van der Waals surface area contributed by atoms with E-state index in [1.165, 1.54) is 0 Å². The molecule has 0 unspecified atom stereocenters. The van der Waals surface area contributed by atoms with E-state index in [0.717, 1.165) is 38.2 Å². The normalized spacial score (nSPS) is 12.0. The van der Waals surface area contributed by atoms with E-state index in [9.17, 15) is 0 Å². The topological polar surface area (TPSA) is 57.4 Å². The van der Waals surface area contributed by atoms with Gasteiger partial charge in [-0.15, -0.1) is 10.2 Å². The highest BCUT2D eigenvalue weighted by molar-refractivity contribution is 6.79. The molecule has 5 aromatic rings. The van der Waals surface area contributed by atoms with E-state index in [0.29, 0.717) is 25.0 Å². The Kier molecular flexibility index (Phi) is 7.41. The van der Waals surface area contributed by atoms with Crippen molar-refractivity contribution in [2.75, 3.05) is 13.2 Å². The van der Waals surface area contributed by atoms with Gasteiger partial charge in [0.15, 0.2) is 0 Å². The number of fused-ring (bicyclic) bond motifs is 1. The SMILES string of the molecule is CCO[Si](C)(OCC)c1ccc(/C=C/c2ccc(-c3nnc(-c4cccc5ccccc45)o3)cc2)cc1. The van der Waals surface area contributed by atoms with Gasteiger partial charge in [-0.1, -0.05) is 84.9 Å². The van der Waals surface area contributed by atoms with Gasteiger partial charge >= 0.3 is 8.56 Å². The summed E-state index contributed by atoms with van der Waals surface area (Å²) in [4.78, 5) is 0. The van der Waals surface area contributed by atoms with Crippen molar-refractivity contribution in [2.45, 2.75) is 20.4 Å². The third kappa shape index (κ3) is 5.46. The first-order chi connectivity index (χ1) is 18.1. The van der Waals surface area contributed by atoms with Crippen LogP contribution in [-0.2, 0) is 8.85 Å². The Balaban J connectivity index is 1.30. The summed E-state index contributed by atoms with van der Waals surface area (Å²) in [5.74, 6) is 1.02. The molecule has 5 nitrogen and oxygen atoms in total. The molecular formula is C31H30N2O3Si. The molecule has 1 heterocycles. The predicted molar refractivity (Wildman–Crippen MR) is 153 cm³/mol. The first-order valence-corrected chi connectivity index (χ1v) is 14.9. The zero-order valence-corrected chi connectivity index (χ0v) is 22.3. The van der Waals surface area contributed by atoms with Crippen molar-refractivity contribution in [3.63, 3.8) is 0 Å². The number of aromatic nitrogens is 2. The van der Waals surface area contributed by atoms with Gasteiger partial charge in [0.25, 0.3) is 0 Å². The molecule has 0 saturated heterocycles. The summed E-state index contributed by atoms with van der Waals surface area (Å²) in [6.07, 6.45) is 4.19. The summed E-state index contributed by atoms with van der Waals surface area (Å²) in [5, 5.41) is 12.0. The Labute approximate surface area is 218 Å². The number of benzene rings is 4.